The van der Waals surface area contributed by atoms with Gasteiger partial charge in [0.05, 0.1) is 0 Å². The molecule has 1 N–H and O–H groups in total. The Kier molecular flexibility index (Phi) is 7.11. The molecule has 2 heterocycles. The molecule has 0 aliphatic rings. The van der Waals surface area contributed by atoms with Crippen molar-refractivity contribution in [3.05, 3.63) is 65.7 Å². The predicted octanol–water partition coefficient (Wildman–Crippen LogP) is 3.59. The summed E-state index contributed by atoms with van der Waals surface area (Å²) in [5.74, 6) is 6.94. The molecule has 0 aliphatic heterocycles. The van der Waals surface area contributed by atoms with E-state index in [1.165, 1.54) is 0 Å². The molecular weight excluding hydrogens is 430 g/mol. The van der Waals surface area contributed by atoms with E-state index in [0.29, 0.717) is 31.0 Å². The molecule has 0 amide bonds. The van der Waals surface area contributed by atoms with E-state index in [0.717, 1.165) is 28.1 Å². The molecule has 9 nitrogen and oxygen atoms in total. The quantitative estimate of drug-likeness (QED) is 0.303. The second-order valence-electron chi connectivity index (χ2n) is 7.62. The Morgan fingerprint density at radius 3 is 2.38 bits per heavy atom. The van der Waals surface area contributed by atoms with Crippen molar-refractivity contribution in [1.29, 1.82) is 0 Å². The van der Waals surface area contributed by atoms with Crippen LogP contribution in [0.2, 0.25) is 0 Å². The van der Waals surface area contributed by atoms with Crippen molar-refractivity contribution < 1.29 is 9.47 Å². The summed E-state index contributed by atoms with van der Waals surface area (Å²) in [5.41, 5.74) is 4.16. The average Bonchev–Trinajstić information content (AvgIpc) is 3.56. The van der Waals surface area contributed by atoms with Crippen molar-refractivity contribution in [2.24, 2.45) is 0 Å². The number of methoxy groups -OCH3 is 2. The summed E-state index contributed by atoms with van der Waals surface area (Å²) in [6, 6.07) is 16.4. The minimum absolute atomic E-state index is 0.447. The summed E-state index contributed by atoms with van der Waals surface area (Å²) in [6.07, 6.45) is 1.18. The van der Waals surface area contributed by atoms with E-state index in [-0.39, 0.29) is 0 Å². The number of tetrazole rings is 1. The second kappa shape index (κ2) is 10.4. The van der Waals surface area contributed by atoms with Crippen LogP contribution < -0.4 is 0 Å². The summed E-state index contributed by atoms with van der Waals surface area (Å²) in [7, 11) is 3.20. The standard InChI is InChI=1S/C25H27N7O2/c1-5-7-16-32-22(26-24(29-32)25(6-2,33-3)34-4)17-18-12-14-19(15-13-18)20-10-8-9-11-21(20)23-27-30-31-28-23/h8-15H,6,16-17H2,1-4H3,(H,27,28,30,31). The van der Waals surface area contributed by atoms with Gasteiger partial charge in [0.1, 0.15) is 12.4 Å². The highest BCUT2D eigenvalue weighted by atomic mass is 16.7. The highest BCUT2D eigenvalue weighted by Gasteiger charge is 2.35. The lowest BCUT2D eigenvalue weighted by atomic mass is 9.98. The maximum absolute atomic E-state index is 5.64. The molecule has 34 heavy (non-hydrogen) atoms. The Morgan fingerprint density at radius 2 is 1.76 bits per heavy atom. The van der Waals surface area contributed by atoms with Crippen molar-refractivity contribution >= 4 is 0 Å². The van der Waals surface area contributed by atoms with E-state index >= 15 is 0 Å². The lowest BCUT2D eigenvalue weighted by Gasteiger charge is -2.26. The summed E-state index contributed by atoms with van der Waals surface area (Å²) in [4.78, 5) is 4.78. The Balaban J connectivity index is 1.64. The third-order valence-electron chi connectivity index (χ3n) is 5.77. The lowest BCUT2D eigenvalue weighted by molar-refractivity contribution is -0.222. The molecular formula is C25H27N7O2. The number of benzene rings is 2. The van der Waals surface area contributed by atoms with Gasteiger partial charge < -0.3 is 9.47 Å². The molecule has 0 radical (unpaired) electrons. The van der Waals surface area contributed by atoms with Crippen LogP contribution in [0.4, 0.5) is 0 Å². The van der Waals surface area contributed by atoms with Gasteiger partial charge in [0.25, 0.3) is 0 Å². The number of nitrogens with one attached hydrogen (secondary N) is 1. The molecule has 174 valence electrons. The van der Waals surface area contributed by atoms with Crippen LogP contribution in [0, 0.1) is 11.8 Å². The molecule has 0 saturated carbocycles. The van der Waals surface area contributed by atoms with E-state index in [1.807, 2.05) is 36.7 Å². The highest BCUT2D eigenvalue weighted by Crippen LogP contribution is 2.30. The molecule has 0 atom stereocenters. The fraction of sp³-hybridized carbons (Fsp3) is 0.320. The fourth-order valence-corrected chi connectivity index (χ4v) is 3.86. The number of ether oxygens (including phenoxy) is 2. The van der Waals surface area contributed by atoms with E-state index in [2.05, 4.69) is 67.9 Å². The van der Waals surface area contributed by atoms with Gasteiger partial charge in [-0.2, -0.15) is 0 Å². The van der Waals surface area contributed by atoms with Crippen molar-refractivity contribution in [3.63, 3.8) is 0 Å². The first-order valence-corrected chi connectivity index (χ1v) is 11.0. The van der Waals surface area contributed by atoms with E-state index in [1.54, 1.807) is 14.2 Å². The number of H-pyrrole nitrogens is 1. The molecule has 0 saturated heterocycles. The summed E-state index contributed by atoms with van der Waals surface area (Å²) in [6.45, 7) is 4.23. The second-order valence-corrected chi connectivity index (χ2v) is 7.62. The van der Waals surface area contributed by atoms with E-state index < -0.39 is 5.79 Å². The van der Waals surface area contributed by atoms with Crippen molar-refractivity contribution in [1.82, 2.24) is 35.4 Å². The van der Waals surface area contributed by atoms with Gasteiger partial charge in [-0.1, -0.05) is 61.4 Å². The summed E-state index contributed by atoms with van der Waals surface area (Å²) >= 11 is 0. The Labute approximate surface area is 198 Å². The van der Waals surface area contributed by atoms with Crippen molar-refractivity contribution in [2.75, 3.05) is 14.2 Å². The summed E-state index contributed by atoms with van der Waals surface area (Å²) in [5, 5.41) is 19.0. The Hall–Kier alpha value is -3.87. The van der Waals surface area contributed by atoms with Gasteiger partial charge in [-0.25, -0.2) is 14.8 Å². The maximum atomic E-state index is 5.64. The first-order valence-electron chi connectivity index (χ1n) is 11.0. The van der Waals surface area contributed by atoms with Crippen LogP contribution in [0.15, 0.2) is 48.5 Å². The molecule has 0 unspecified atom stereocenters. The predicted molar refractivity (Wildman–Crippen MR) is 127 cm³/mol. The zero-order chi connectivity index (χ0) is 24.0. The van der Waals surface area contributed by atoms with Gasteiger partial charge in [0.15, 0.2) is 5.82 Å². The zero-order valence-electron chi connectivity index (χ0n) is 19.7. The van der Waals surface area contributed by atoms with Gasteiger partial charge >= 0.3 is 0 Å². The van der Waals surface area contributed by atoms with Crippen molar-refractivity contribution in [3.8, 4) is 34.4 Å². The van der Waals surface area contributed by atoms with Crippen molar-refractivity contribution in [2.45, 2.75) is 39.0 Å². The number of hydrogen-bond acceptors (Lipinski definition) is 7. The number of nitrogens with zero attached hydrogens (tertiary/aromatic N) is 6. The minimum atomic E-state index is -0.983. The third-order valence-corrected chi connectivity index (χ3v) is 5.77. The van der Waals surface area contributed by atoms with Crippen LogP contribution in [0.25, 0.3) is 22.5 Å². The van der Waals surface area contributed by atoms with Gasteiger partial charge in [0.2, 0.25) is 11.6 Å². The van der Waals surface area contributed by atoms with Crippen LogP contribution in [-0.4, -0.2) is 49.6 Å². The summed E-state index contributed by atoms with van der Waals surface area (Å²) < 4.78 is 13.1. The Bertz CT molecular complexity index is 1270. The zero-order valence-corrected chi connectivity index (χ0v) is 19.7. The molecule has 0 fully saturated rings. The van der Waals surface area contributed by atoms with Crippen LogP contribution in [0.3, 0.4) is 0 Å². The number of hydrogen-bond donors (Lipinski definition) is 1. The maximum Gasteiger partial charge on any atom is 0.231 e. The van der Waals surface area contributed by atoms with Crippen LogP contribution in [0.5, 0.6) is 0 Å². The SMILES string of the molecule is CC#CCn1nc(C(CC)(OC)OC)nc1Cc1ccc(-c2ccccc2-c2nnn[nH]2)cc1. The number of rotatable bonds is 9. The van der Waals surface area contributed by atoms with E-state index in [9.17, 15) is 0 Å². The molecule has 4 rings (SSSR count). The van der Waals surface area contributed by atoms with Gasteiger partial charge in [-0.05, 0) is 34.0 Å². The highest BCUT2D eigenvalue weighted by molar-refractivity contribution is 5.80. The molecule has 9 heteroatoms. The van der Waals surface area contributed by atoms with Crippen LogP contribution >= 0.6 is 0 Å². The number of aromatic nitrogens is 7. The lowest BCUT2D eigenvalue weighted by Crippen LogP contribution is -2.31. The minimum Gasteiger partial charge on any atom is -0.347 e. The monoisotopic (exact) mass is 457 g/mol. The molecule has 0 aliphatic carbocycles. The smallest absolute Gasteiger partial charge is 0.231 e. The Morgan fingerprint density at radius 1 is 1.03 bits per heavy atom. The molecule has 0 spiro atoms. The largest absolute Gasteiger partial charge is 0.347 e. The topological polar surface area (TPSA) is 104 Å². The third kappa shape index (κ3) is 4.59. The fourth-order valence-electron chi connectivity index (χ4n) is 3.86. The molecule has 0 bridgehead atoms. The first kappa shape index (κ1) is 23.3. The molecule has 2 aromatic heterocycles. The normalized spacial score (nSPS) is 11.3. The molecule has 4 aromatic rings. The van der Waals surface area contributed by atoms with Gasteiger partial charge in [0, 0.05) is 32.6 Å². The van der Waals surface area contributed by atoms with E-state index in [4.69, 9.17) is 14.5 Å². The van der Waals surface area contributed by atoms with Gasteiger partial charge in [-0.3, -0.25) is 0 Å². The average molecular weight is 458 g/mol. The van der Waals surface area contributed by atoms with Crippen LogP contribution in [-0.2, 0) is 28.2 Å². The molecule has 2 aromatic carbocycles. The van der Waals surface area contributed by atoms with Crippen LogP contribution in [0.1, 0.15) is 37.5 Å². The van der Waals surface area contributed by atoms with Gasteiger partial charge in [-0.15, -0.1) is 16.1 Å². The first-order chi connectivity index (χ1) is 16.6. The number of aromatic amines is 1.